The van der Waals surface area contributed by atoms with Crippen molar-refractivity contribution in [3.63, 3.8) is 0 Å². The van der Waals surface area contributed by atoms with E-state index in [4.69, 9.17) is 0 Å². The Morgan fingerprint density at radius 1 is 0.846 bits per heavy atom. The molecule has 2 heterocycles. The molecule has 4 N–H and O–H groups in total. The maximum absolute atomic E-state index is 13.8. The Bertz CT molecular complexity index is 1470. The summed E-state index contributed by atoms with van der Waals surface area (Å²) in [6.45, 7) is 3.02. The van der Waals surface area contributed by atoms with Gasteiger partial charge in [0.1, 0.15) is 12.2 Å². The second kappa shape index (κ2) is 12.4. The van der Waals surface area contributed by atoms with Crippen LogP contribution in [0.5, 0.6) is 0 Å². The molecule has 1 fully saturated rings. The summed E-state index contributed by atoms with van der Waals surface area (Å²) < 4.78 is 1.14. The van der Waals surface area contributed by atoms with Gasteiger partial charge in [0.05, 0.1) is 0 Å². The van der Waals surface area contributed by atoms with E-state index in [-0.39, 0.29) is 23.6 Å². The minimum Gasteiger partial charge on any atom is -0.344 e. The summed E-state index contributed by atoms with van der Waals surface area (Å²) in [5.74, 6) is -0.768. The highest BCUT2D eigenvalue weighted by Gasteiger charge is 2.29. The second-order valence-corrected chi connectivity index (χ2v) is 11.1. The van der Waals surface area contributed by atoms with Gasteiger partial charge in [-0.15, -0.1) is 11.3 Å². The highest BCUT2D eigenvalue weighted by Crippen LogP contribution is 2.27. The Morgan fingerprint density at radius 2 is 1.56 bits per heavy atom. The van der Waals surface area contributed by atoms with Crippen LogP contribution in [0.2, 0.25) is 0 Å². The predicted molar refractivity (Wildman–Crippen MR) is 156 cm³/mol. The van der Waals surface area contributed by atoms with Crippen LogP contribution in [0.4, 0.5) is 0 Å². The Labute approximate surface area is 232 Å². The lowest BCUT2D eigenvalue weighted by atomic mass is 9.96. The van der Waals surface area contributed by atoms with Gasteiger partial charge in [0, 0.05) is 30.4 Å². The smallest absolute Gasteiger partial charge is 0.244 e. The SMILES string of the molecule is CC(=O)N[C@@H](Cc1cccc2ccccc12)NC(=O)[C@@H](Cc1csc2ccccc12)NC(=O)C1CCNCC1. The second-order valence-electron chi connectivity index (χ2n) is 10.2. The Balaban J connectivity index is 1.38. The summed E-state index contributed by atoms with van der Waals surface area (Å²) in [7, 11) is 0. The maximum Gasteiger partial charge on any atom is 0.244 e. The van der Waals surface area contributed by atoms with Crippen molar-refractivity contribution in [2.45, 2.75) is 44.8 Å². The van der Waals surface area contributed by atoms with Gasteiger partial charge < -0.3 is 21.3 Å². The number of piperidine rings is 1. The van der Waals surface area contributed by atoms with Crippen molar-refractivity contribution >= 4 is 49.9 Å². The molecule has 39 heavy (non-hydrogen) atoms. The van der Waals surface area contributed by atoms with Crippen molar-refractivity contribution in [3.8, 4) is 0 Å². The number of benzene rings is 3. The summed E-state index contributed by atoms with van der Waals surface area (Å²) in [6.07, 6.45) is 1.66. The van der Waals surface area contributed by atoms with E-state index in [1.165, 1.54) is 6.92 Å². The highest BCUT2D eigenvalue weighted by atomic mass is 32.1. The first-order valence-corrected chi connectivity index (χ1v) is 14.4. The fraction of sp³-hybridized carbons (Fsp3) is 0.323. The third-order valence-corrected chi connectivity index (χ3v) is 8.34. The molecule has 1 aliphatic rings. The van der Waals surface area contributed by atoms with Gasteiger partial charge in [-0.3, -0.25) is 14.4 Å². The maximum atomic E-state index is 13.8. The van der Waals surface area contributed by atoms with E-state index in [2.05, 4.69) is 32.7 Å². The molecule has 7 nitrogen and oxygen atoms in total. The minimum atomic E-state index is -0.769. The van der Waals surface area contributed by atoms with Crippen molar-refractivity contribution in [2.24, 2.45) is 5.92 Å². The molecule has 3 aromatic carbocycles. The van der Waals surface area contributed by atoms with Crippen LogP contribution in [0.15, 0.2) is 72.1 Å². The molecule has 4 aromatic rings. The van der Waals surface area contributed by atoms with Crippen LogP contribution in [-0.4, -0.2) is 43.0 Å². The third-order valence-electron chi connectivity index (χ3n) is 7.33. The molecule has 1 aliphatic heterocycles. The number of carbonyl (C=O) groups excluding carboxylic acids is 3. The molecule has 0 bridgehead atoms. The molecule has 3 amide bonds. The van der Waals surface area contributed by atoms with Gasteiger partial charge in [-0.05, 0) is 64.7 Å². The van der Waals surface area contributed by atoms with Gasteiger partial charge in [0.15, 0.2) is 0 Å². The largest absolute Gasteiger partial charge is 0.344 e. The van der Waals surface area contributed by atoms with Crippen LogP contribution in [0.3, 0.4) is 0 Å². The molecule has 5 rings (SSSR count). The quantitative estimate of drug-likeness (QED) is 0.241. The Hall–Kier alpha value is -3.75. The van der Waals surface area contributed by atoms with Crippen molar-refractivity contribution in [1.29, 1.82) is 0 Å². The van der Waals surface area contributed by atoms with Gasteiger partial charge in [-0.2, -0.15) is 0 Å². The molecule has 0 radical (unpaired) electrons. The Kier molecular flexibility index (Phi) is 8.54. The average Bonchev–Trinajstić information content (AvgIpc) is 3.35. The monoisotopic (exact) mass is 542 g/mol. The molecule has 0 unspecified atom stereocenters. The van der Waals surface area contributed by atoms with E-state index in [0.717, 1.165) is 57.9 Å². The zero-order chi connectivity index (χ0) is 27.2. The first-order valence-electron chi connectivity index (χ1n) is 13.5. The standard InChI is InChI=1S/C31H34N4O3S/c1-20(36)33-29(18-23-9-6-8-21-7-2-3-10-25(21)23)35-31(38)27(34-30(37)22-13-15-32-16-14-22)17-24-19-39-28-12-5-4-11-26(24)28/h2-12,19,22,27,29,32H,13-18H2,1H3,(H,33,36)(H,34,37)(H,35,38)/t27-,29-/m1/s1. The van der Waals surface area contributed by atoms with Crippen molar-refractivity contribution in [2.75, 3.05) is 13.1 Å². The van der Waals surface area contributed by atoms with Gasteiger partial charge in [0.2, 0.25) is 17.7 Å². The van der Waals surface area contributed by atoms with Crippen LogP contribution < -0.4 is 21.3 Å². The minimum absolute atomic E-state index is 0.0960. The van der Waals surface area contributed by atoms with E-state index in [1.807, 2.05) is 60.7 Å². The van der Waals surface area contributed by atoms with Gasteiger partial charge >= 0.3 is 0 Å². The van der Waals surface area contributed by atoms with Gasteiger partial charge in [-0.1, -0.05) is 60.7 Å². The van der Waals surface area contributed by atoms with Crippen molar-refractivity contribution in [3.05, 3.63) is 83.2 Å². The Morgan fingerprint density at radius 3 is 2.36 bits per heavy atom. The van der Waals surface area contributed by atoms with E-state index in [1.54, 1.807) is 11.3 Å². The number of thiophene rings is 1. The number of fused-ring (bicyclic) bond motifs is 2. The lowest BCUT2D eigenvalue weighted by Gasteiger charge is -2.27. The first kappa shape index (κ1) is 26.8. The summed E-state index contributed by atoms with van der Waals surface area (Å²) in [5.41, 5.74) is 2.04. The first-order chi connectivity index (χ1) is 19.0. The zero-order valence-corrected chi connectivity index (χ0v) is 22.9. The lowest BCUT2D eigenvalue weighted by Crippen LogP contribution is -2.56. The molecular weight excluding hydrogens is 508 g/mol. The van der Waals surface area contributed by atoms with Gasteiger partial charge in [-0.25, -0.2) is 0 Å². The average molecular weight is 543 g/mol. The molecule has 8 heteroatoms. The number of carbonyl (C=O) groups is 3. The fourth-order valence-corrected chi connectivity index (χ4v) is 6.32. The van der Waals surface area contributed by atoms with Crippen molar-refractivity contribution < 1.29 is 14.4 Å². The number of hydrogen-bond donors (Lipinski definition) is 4. The lowest BCUT2D eigenvalue weighted by molar-refractivity contribution is -0.132. The van der Waals surface area contributed by atoms with Crippen LogP contribution in [0.1, 0.15) is 30.9 Å². The van der Waals surface area contributed by atoms with Crippen LogP contribution in [0, 0.1) is 5.92 Å². The zero-order valence-electron chi connectivity index (χ0n) is 22.0. The number of nitrogens with one attached hydrogen (secondary N) is 4. The molecular formula is C31H34N4O3S. The van der Waals surface area contributed by atoms with E-state index in [0.29, 0.717) is 12.8 Å². The third kappa shape index (κ3) is 6.64. The normalized spacial score (nSPS) is 15.5. The highest BCUT2D eigenvalue weighted by molar-refractivity contribution is 7.17. The molecule has 2 atom stereocenters. The van der Waals surface area contributed by atoms with Crippen molar-refractivity contribution in [1.82, 2.24) is 21.3 Å². The molecule has 1 aromatic heterocycles. The molecule has 1 saturated heterocycles. The molecule has 0 aliphatic carbocycles. The summed E-state index contributed by atoms with van der Waals surface area (Å²) >= 11 is 1.63. The van der Waals surface area contributed by atoms with E-state index >= 15 is 0 Å². The van der Waals surface area contributed by atoms with Crippen LogP contribution in [0.25, 0.3) is 20.9 Å². The number of hydrogen-bond acceptors (Lipinski definition) is 5. The summed E-state index contributed by atoms with van der Waals surface area (Å²) in [6, 6.07) is 21.4. The summed E-state index contributed by atoms with van der Waals surface area (Å²) in [5, 5.41) is 17.6. The fourth-order valence-electron chi connectivity index (χ4n) is 5.34. The topological polar surface area (TPSA) is 99.3 Å². The molecule has 202 valence electrons. The number of amides is 3. The number of rotatable bonds is 9. The van der Waals surface area contributed by atoms with Crippen LogP contribution in [-0.2, 0) is 27.2 Å². The van der Waals surface area contributed by atoms with E-state index in [9.17, 15) is 14.4 Å². The van der Waals surface area contributed by atoms with Gasteiger partial charge in [0.25, 0.3) is 0 Å². The predicted octanol–water partition coefficient (Wildman–Crippen LogP) is 3.90. The molecule has 0 saturated carbocycles. The summed E-state index contributed by atoms with van der Waals surface area (Å²) in [4.78, 5) is 39.1. The van der Waals surface area contributed by atoms with Crippen LogP contribution >= 0.6 is 11.3 Å². The molecule has 0 spiro atoms. The van der Waals surface area contributed by atoms with E-state index < -0.39 is 12.2 Å².